The molecule has 0 unspecified atom stereocenters. The molecule has 0 radical (unpaired) electrons. The molecular weight excluding hydrogens is 502 g/mol. The summed E-state index contributed by atoms with van der Waals surface area (Å²) in [6, 6.07) is 18.6. The topological polar surface area (TPSA) is 162 Å². The fourth-order valence-electron chi connectivity index (χ4n) is 3.50. The van der Waals surface area contributed by atoms with Crippen molar-refractivity contribution in [2.75, 3.05) is 13.6 Å². The predicted molar refractivity (Wildman–Crippen MR) is 138 cm³/mol. The third kappa shape index (κ3) is 7.06. The Morgan fingerprint density at radius 1 is 1.11 bits per heavy atom. The predicted octanol–water partition coefficient (Wildman–Crippen LogP) is 2.22. The molecule has 1 atom stereocenters. The first kappa shape index (κ1) is 27.2. The average molecular weight is 532 g/mol. The van der Waals surface area contributed by atoms with Gasteiger partial charge >= 0.3 is 0 Å². The summed E-state index contributed by atoms with van der Waals surface area (Å²) in [5.41, 5.74) is 9.57. The highest BCUT2D eigenvalue weighted by Gasteiger charge is 2.24. The number of likely N-dealkylation sites (N-methyl/N-ethyl adjacent to an activating group) is 1. The molecule has 0 saturated heterocycles. The molecule has 2 aromatic carbocycles. The Balaban J connectivity index is 1.72. The first-order valence-corrected chi connectivity index (χ1v) is 13.2. The molecule has 3 aromatic rings. The van der Waals surface area contributed by atoms with Crippen molar-refractivity contribution in [1.29, 1.82) is 0 Å². The number of amides is 1. The monoisotopic (exact) mass is 531 g/mol. The van der Waals surface area contributed by atoms with E-state index >= 15 is 0 Å². The minimum Gasteiger partial charge on any atom is -0.508 e. The zero-order chi connectivity index (χ0) is 26.3. The van der Waals surface area contributed by atoms with Crippen LogP contribution in [0.1, 0.15) is 12.0 Å². The van der Waals surface area contributed by atoms with E-state index < -0.39 is 22.0 Å². The van der Waals surface area contributed by atoms with Gasteiger partial charge in [0.1, 0.15) is 9.96 Å². The molecule has 0 aliphatic carbocycles. The summed E-state index contributed by atoms with van der Waals surface area (Å²) in [7, 11) is -2.38. The van der Waals surface area contributed by atoms with Crippen molar-refractivity contribution in [3.63, 3.8) is 0 Å². The largest absolute Gasteiger partial charge is 0.508 e. The number of aromatic hydroxyl groups is 1. The highest BCUT2D eigenvalue weighted by atomic mass is 32.2. The fraction of sp³-hybridized carbons (Fsp3) is 0.208. The number of nitrogens with one attached hydrogen (secondary N) is 1. The van der Waals surface area contributed by atoms with Crippen LogP contribution in [0.2, 0.25) is 0 Å². The average Bonchev–Trinajstić information content (AvgIpc) is 3.36. The molecule has 3 rings (SSSR count). The minimum atomic E-state index is -3.80. The lowest BCUT2D eigenvalue weighted by molar-refractivity contribution is -0.130. The number of hydrogen-bond acceptors (Lipinski definition) is 9. The molecule has 12 heteroatoms. The molecular formula is C24H29N5O5S2. The number of rotatable bonds is 11. The van der Waals surface area contributed by atoms with E-state index in [1.807, 2.05) is 30.3 Å². The van der Waals surface area contributed by atoms with E-state index in [-0.39, 0.29) is 28.6 Å². The number of benzene rings is 2. The zero-order valence-electron chi connectivity index (χ0n) is 19.6. The van der Waals surface area contributed by atoms with Gasteiger partial charge in [-0.1, -0.05) is 42.5 Å². The lowest BCUT2D eigenvalue weighted by Gasteiger charge is -2.27. The molecule has 0 saturated carbocycles. The molecule has 1 heterocycles. The molecule has 10 nitrogen and oxygen atoms in total. The lowest BCUT2D eigenvalue weighted by atomic mass is 10.0. The minimum absolute atomic E-state index is 0.100. The van der Waals surface area contributed by atoms with E-state index in [4.69, 9.17) is 16.8 Å². The quantitative estimate of drug-likeness (QED) is 0.143. The lowest BCUT2D eigenvalue weighted by Crippen LogP contribution is -2.42. The van der Waals surface area contributed by atoms with Gasteiger partial charge in [0.25, 0.3) is 10.0 Å². The van der Waals surface area contributed by atoms with Gasteiger partial charge in [-0.25, -0.2) is 19.7 Å². The van der Waals surface area contributed by atoms with Crippen LogP contribution >= 0.6 is 11.3 Å². The molecule has 0 aliphatic rings. The second kappa shape index (κ2) is 12.0. The van der Waals surface area contributed by atoms with Crippen LogP contribution in [0, 0.1) is 0 Å². The molecule has 1 amide bonds. The molecule has 36 heavy (non-hydrogen) atoms. The first-order valence-electron chi connectivity index (χ1n) is 10.9. The van der Waals surface area contributed by atoms with Crippen molar-refractivity contribution in [2.24, 2.45) is 11.6 Å². The van der Waals surface area contributed by atoms with Gasteiger partial charge in [0, 0.05) is 23.8 Å². The molecule has 0 aliphatic heterocycles. The number of hydroxylamine groups is 1. The van der Waals surface area contributed by atoms with Gasteiger partial charge in [-0.3, -0.25) is 10.0 Å². The van der Waals surface area contributed by atoms with Crippen molar-refractivity contribution in [3.05, 3.63) is 84.2 Å². The van der Waals surface area contributed by atoms with Gasteiger partial charge in [0.05, 0.1) is 19.0 Å². The van der Waals surface area contributed by atoms with Gasteiger partial charge in [0.2, 0.25) is 5.91 Å². The Hall–Kier alpha value is -3.42. The van der Waals surface area contributed by atoms with Crippen LogP contribution in [-0.4, -0.2) is 53.6 Å². The van der Waals surface area contributed by atoms with Crippen LogP contribution in [0.5, 0.6) is 5.75 Å². The number of hydrazine groups is 1. The summed E-state index contributed by atoms with van der Waals surface area (Å²) < 4.78 is 27.5. The van der Waals surface area contributed by atoms with Crippen LogP contribution in [-0.2, 0) is 21.2 Å². The Labute approximate surface area is 214 Å². The summed E-state index contributed by atoms with van der Waals surface area (Å²) in [5, 5.41) is 19.6. The maximum Gasteiger partial charge on any atom is 0.252 e. The van der Waals surface area contributed by atoms with Crippen molar-refractivity contribution >= 4 is 27.3 Å². The second-order valence-corrected chi connectivity index (χ2v) is 11.5. The van der Waals surface area contributed by atoms with Crippen molar-refractivity contribution in [1.82, 2.24) is 14.8 Å². The van der Waals surface area contributed by atoms with Crippen LogP contribution < -0.4 is 17.1 Å². The molecule has 192 valence electrons. The maximum atomic E-state index is 13.1. The van der Waals surface area contributed by atoms with Crippen LogP contribution in [0.25, 0.3) is 10.4 Å². The standard InChI is InChI=1S/C24H29N5O5S2/c1-28(36(33,34)24-12-11-22(35-24)18-5-3-2-4-6-18)15-19(25)16-29(26)20(14-23(31)27-32)13-17-7-9-21(30)10-8-17/h2-12,16,20,30,32H,13-15,25-26H2,1H3,(H,27,31)/b19-16-/t20-/m0/s1. The number of nitrogens with two attached hydrogens (primary N) is 2. The van der Waals surface area contributed by atoms with Gasteiger partial charge in [-0.2, -0.15) is 4.31 Å². The number of thiophene rings is 1. The summed E-state index contributed by atoms with van der Waals surface area (Å²) in [6.07, 6.45) is 1.52. The first-order chi connectivity index (χ1) is 17.1. The number of carbonyl (C=O) groups is 1. The smallest absolute Gasteiger partial charge is 0.252 e. The molecule has 0 bridgehead atoms. The van der Waals surface area contributed by atoms with E-state index in [0.29, 0.717) is 6.42 Å². The summed E-state index contributed by atoms with van der Waals surface area (Å²) in [5.74, 6) is 5.62. The number of hydrogen-bond donors (Lipinski definition) is 5. The van der Waals surface area contributed by atoms with Crippen LogP contribution in [0.4, 0.5) is 0 Å². The van der Waals surface area contributed by atoms with Gasteiger partial charge in [0.15, 0.2) is 0 Å². The van der Waals surface area contributed by atoms with E-state index in [1.165, 1.54) is 41.7 Å². The Morgan fingerprint density at radius 3 is 2.42 bits per heavy atom. The second-order valence-electron chi connectivity index (χ2n) is 8.16. The highest BCUT2D eigenvalue weighted by molar-refractivity contribution is 7.91. The number of phenolic OH excluding ortho intramolecular Hbond substituents is 1. The van der Waals surface area contributed by atoms with Crippen molar-refractivity contribution in [2.45, 2.75) is 23.1 Å². The maximum absolute atomic E-state index is 13.1. The fourth-order valence-corrected chi connectivity index (χ4v) is 6.18. The molecule has 0 spiro atoms. The highest BCUT2D eigenvalue weighted by Crippen LogP contribution is 2.32. The van der Waals surface area contributed by atoms with Gasteiger partial charge < -0.3 is 15.8 Å². The van der Waals surface area contributed by atoms with Crippen molar-refractivity contribution < 1.29 is 23.5 Å². The van der Waals surface area contributed by atoms with Crippen molar-refractivity contribution in [3.8, 4) is 16.2 Å². The number of carbonyl (C=O) groups excluding carboxylic acids is 1. The van der Waals surface area contributed by atoms with Gasteiger partial charge in [-0.05, 0) is 41.8 Å². The normalized spacial score (nSPS) is 12.9. The molecule has 7 N–H and O–H groups in total. The van der Waals surface area contributed by atoms with Gasteiger partial charge in [-0.15, -0.1) is 11.3 Å². The number of nitrogens with zero attached hydrogens (tertiary/aromatic N) is 2. The summed E-state index contributed by atoms with van der Waals surface area (Å²) in [4.78, 5) is 12.6. The van der Waals surface area contributed by atoms with E-state index in [0.717, 1.165) is 20.3 Å². The zero-order valence-corrected chi connectivity index (χ0v) is 21.2. The SMILES string of the molecule is CN(C/C(N)=C/N(N)[C@H](CC(=O)NO)Cc1ccc(O)cc1)S(=O)(=O)c1ccc(-c2ccccc2)s1. The van der Waals surface area contributed by atoms with E-state index in [9.17, 15) is 18.3 Å². The summed E-state index contributed by atoms with van der Waals surface area (Å²) in [6.45, 7) is -0.132. The number of sulfonamides is 1. The Morgan fingerprint density at radius 2 is 1.78 bits per heavy atom. The van der Waals surface area contributed by atoms with Crippen LogP contribution in [0.15, 0.2) is 82.8 Å². The molecule has 1 aromatic heterocycles. The van der Waals surface area contributed by atoms with Crippen LogP contribution in [0.3, 0.4) is 0 Å². The molecule has 0 fully saturated rings. The van der Waals surface area contributed by atoms with E-state index in [1.54, 1.807) is 29.7 Å². The third-order valence-electron chi connectivity index (χ3n) is 5.40. The Kier molecular flexibility index (Phi) is 9.07. The number of phenols is 1. The summed E-state index contributed by atoms with van der Waals surface area (Å²) >= 11 is 1.17. The Bertz CT molecular complexity index is 1290. The third-order valence-corrected chi connectivity index (χ3v) is 8.80. The van der Waals surface area contributed by atoms with E-state index in [2.05, 4.69) is 0 Å².